The van der Waals surface area contributed by atoms with Gasteiger partial charge in [0.25, 0.3) is 5.91 Å². The fraction of sp³-hybridized carbons (Fsp3) is 0.556. The Bertz CT molecular complexity index is 272. The molecular formula is C9H13BrN2O2. The molecule has 0 bridgehead atoms. The van der Waals surface area contributed by atoms with Crippen molar-refractivity contribution in [2.75, 3.05) is 6.54 Å². The van der Waals surface area contributed by atoms with Crippen LogP contribution in [0.3, 0.4) is 0 Å². The van der Waals surface area contributed by atoms with Crippen LogP contribution >= 0.6 is 15.9 Å². The van der Waals surface area contributed by atoms with Gasteiger partial charge < -0.3 is 9.84 Å². The highest BCUT2D eigenvalue weighted by Crippen LogP contribution is 2.05. The smallest absolute Gasteiger partial charge is 0.273 e. The Morgan fingerprint density at radius 2 is 2.57 bits per heavy atom. The maximum atomic E-state index is 11.3. The van der Waals surface area contributed by atoms with E-state index in [0.29, 0.717) is 17.1 Å². The normalized spacial score (nSPS) is 12.4. The summed E-state index contributed by atoms with van der Waals surface area (Å²) in [5.41, 5.74) is 0.330. The topological polar surface area (TPSA) is 55.1 Å². The number of amides is 1. The molecular weight excluding hydrogens is 248 g/mol. The third-order valence-corrected chi connectivity index (χ3v) is 2.19. The first kappa shape index (κ1) is 11.2. The Kier molecular flexibility index (Phi) is 4.65. The Morgan fingerprint density at radius 3 is 3.14 bits per heavy atom. The van der Waals surface area contributed by atoms with Crippen LogP contribution in [0.4, 0.5) is 0 Å². The molecule has 0 spiro atoms. The summed E-state index contributed by atoms with van der Waals surface area (Å²) >= 11 is 3.44. The van der Waals surface area contributed by atoms with E-state index in [1.54, 1.807) is 6.07 Å². The first-order chi connectivity index (χ1) is 6.70. The molecule has 78 valence electrons. The van der Waals surface area contributed by atoms with Crippen LogP contribution in [0.5, 0.6) is 0 Å². The lowest BCUT2D eigenvalue weighted by Gasteiger charge is -2.03. The summed E-state index contributed by atoms with van der Waals surface area (Å²) in [6, 6.07) is 1.54. The summed E-state index contributed by atoms with van der Waals surface area (Å²) in [7, 11) is 0. The summed E-state index contributed by atoms with van der Waals surface area (Å²) in [4.78, 5) is 11.8. The number of hydrogen-bond donors (Lipinski definition) is 1. The SMILES string of the molecule is CC(Br)CCCNC(=O)c1ccon1. The number of alkyl halides is 1. The lowest BCUT2D eigenvalue weighted by Crippen LogP contribution is -2.24. The lowest BCUT2D eigenvalue weighted by molar-refractivity contribution is 0.0944. The standard InChI is InChI=1S/C9H13BrN2O2/c1-7(10)3-2-5-11-9(13)8-4-6-14-12-8/h4,6-7H,2-3,5H2,1H3,(H,11,13). The molecule has 0 saturated carbocycles. The first-order valence-corrected chi connectivity index (χ1v) is 5.44. The monoisotopic (exact) mass is 260 g/mol. The zero-order valence-corrected chi connectivity index (χ0v) is 9.58. The predicted octanol–water partition coefficient (Wildman–Crippen LogP) is 1.97. The van der Waals surface area contributed by atoms with Crippen LogP contribution < -0.4 is 5.32 Å². The Hall–Kier alpha value is -0.840. The van der Waals surface area contributed by atoms with E-state index in [4.69, 9.17) is 0 Å². The zero-order valence-electron chi connectivity index (χ0n) is 8.00. The van der Waals surface area contributed by atoms with Gasteiger partial charge in [-0.15, -0.1) is 0 Å². The van der Waals surface area contributed by atoms with Crippen molar-refractivity contribution >= 4 is 21.8 Å². The average Bonchev–Trinajstić information content (AvgIpc) is 2.64. The molecule has 1 atom stereocenters. The summed E-state index contributed by atoms with van der Waals surface area (Å²) in [6.07, 6.45) is 3.38. The van der Waals surface area contributed by atoms with E-state index in [1.807, 2.05) is 0 Å². The second kappa shape index (κ2) is 5.80. The fourth-order valence-electron chi connectivity index (χ4n) is 1.01. The summed E-state index contributed by atoms with van der Waals surface area (Å²) in [5, 5.41) is 6.29. The van der Waals surface area contributed by atoms with Crippen molar-refractivity contribution in [3.63, 3.8) is 0 Å². The molecule has 1 aromatic rings. The van der Waals surface area contributed by atoms with Crippen molar-refractivity contribution in [1.29, 1.82) is 0 Å². The van der Waals surface area contributed by atoms with Crippen LogP contribution in [0.1, 0.15) is 30.3 Å². The summed E-state index contributed by atoms with van der Waals surface area (Å²) < 4.78 is 4.56. The van der Waals surface area contributed by atoms with Gasteiger partial charge in [0.05, 0.1) is 0 Å². The molecule has 1 heterocycles. The molecule has 1 amide bonds. The van der Waals surface area contributed by atoms with Gasteiger partial charge >= 0.3 is 0 Å². The van der Waals surface area contributed by atoms with Gasteiger partial charge in [0, 0.05) is 17.4 Å². The number of hydrogen-bond acceptors (Lipinski definition) is 3. The van der Waals surface area contributed by atoms with Gasteiger partial charge in [0.2, 0.25) is 0 Å². The van der Waals surface area contributed by atoms with Gasteiger partial charge in [-0.2, -0.15) is 0 Å². The van der Waals surface area contributed by atoms with Gasteiger partial charge in [-0.1, -0.05) is 28.0 Å². The van der Waals surface area contributed by atoms with Gasteiger partial charge in [0.1, 0.15) is 6.26 Å². The molecule has 0 aliphatic heterocycles. The number of rotatable bonds is 5. The molecule has 0 saturated heterocycles. The van der Waals surface area contributed by atoms with Crippen molar-refractivity contribution in [1.82, 2.24) is 10.5 Å². The number of nitrogens with zero attached hydrogens (tertiary/aromatic N) is 1. The maximum Gasteiger partial charge on any atom is 0.273 e. The minimum atomic E-state index is -0.180. The molecule has 1 rings (SSSR count). The van der Waals surface area contributed by atoms with Crippen LogP contribution in [-0.4, -0.2) is 22.4 Å². The van der Waals surface area contributed by atoms with Crippen LogP contribution in [0, 0.1) is 0 Å². The highest BCUT2D eigenvalue weighted by molar-refractivity contribution is 9.09. The maximum absolute atomic E-state index is 11.3. The van der Waals surface area contributed by atoms with E-state index >= 15 is 0 Å². The molecule has 1 N–H and O–H groups in total. The fourth-order valence-corrected chi connectivity index (χ4v) is 1.33. The van der Waals surface area contributed by atoms with Gasteiger partial charge in [0.15, 0.2) is 5.69 Å². The van der Waals surface area contributed by atoms with E-state index in [-0.39, 0.29) is 5.91 Å². The first-order valence-electron chi connectivity index (χ1n) is 4.53. The number of halogens is 1. The van der Waals surface area contributed by atoms with Gasteiger partial charge in [-0.05, 0) is 12.8 Å². The largest absolute Gasteiger partial charge is 0.364 e. The zero-order chi connectivity index (χ0) is 10.4. The third kappa shape index (κ3) is 3.91. The van der Waals surface area contributed by atoms with Crippen LogP contribution in [-0.2, 0) is 0 Å². The van der Waals surface area contributed by atoms with Crippen molar-refractivity contribution in [3.05, 3.63) is 18.0 Å². The highest BCUT2D eigenvalue weighted by Gasteiger charge is 2.07. The molecule has 0 radical (unpaired) electrons. The Morgan fingerprint density at radius 1 is 1.79 bits per heavy atom. The molecule has 1 unspecified atom stereocenters. The molecule has 0 aromatic carbocycles. The van der Waals surface area contributed by atoms with Crippen molar-refractivity contribution in [3.8, 4) is 0 Å². The number of carbonyl (C=O) groups is 1. The van der Waals surface area contributed by atoms with E-state index in [9.17, 15) is 4.79 Å². The van der Waals surface area contributed by atoms with E-state index in [1.165, 1.54) is 6.26 Å². The number of carbonyl (C=O) groups excluding carboxylic acids is 1. The Labute approximate surface area is 91.2 Å². The van der Waals surface area contributed by atoms with Crippen molar-refractivity contribution < 1.29 is 9.32 Å². The quantitative estimate of drug-likeness (QED) is 0.651. The molecule has 5 heteroatoms. The molecule has 4 nitrogen and oxygen atoms in total. The summed E-state index contributed by atoms with van der Waals surface area (Å²) in [6.45, 7) is 2.75. The van der Waals surface area contributed by atoms with E-state index in [2.05, 4.69) is 37.9 Å². The lowest BCUT2D eigenvalue weighted by atomic mass is 10.2. The predicted molar refractivity (Wildman–Crippen MR) is 56.5 cm³/mol. The Balaban J connectivity index is 2.16. The van der Waals surface area contributed by atoms with Crippen LogP contribution in [0.2, 0.25) is 0 Å². The van der Waals surface area contributed by atoms with E-state index < -0.39 is 0 Å². The number of aromatic nitrogens is 1. The van der Waals surface area contributed by atoms with Gasteiger partial charge in [-0.25, -0.2) is 0 Å². The highest BCUT2D eigenvalue weighted by atomic mass is 79.9. The molecule has 14 heavy (non-hydrogen) atoms. The van der Waals surface area contributed by atoms with Crippen LogP contribution in [0.25, 0.3) is 0 Å². The molecule has 1 aromatic heterocycles. The third-order valence-electron chi connectivity index (χ3n) is 1.73. The van der Waals surface area contributed by atoms with Crippen molar-refractivity contribution in [2.45, 2.75) is 24.6 Å². The minimum Gasteiger partial charge on any atom is -0.364 e. The molecule has 0 aliphatic carbocycles. The molecule has 0 fully saturated rings. The van der Waals surface area contributed by atoms with E-state index in [0.717, 1.165) is 12.8 Å². The molecule has 0 aliphatic rings. The average molecular weight is 261 g/mol. The van der Waals surface area contributed by atoms with Crippen LogP contribution in [0.15, 0.2) is 16.9 Å². The minimum absolute atomic E-state index is 0.180. The van der Waals surface area contributed by atoms with Gasteiger partial charge in [-0.3, -0.25) is 4.79 Å². The number of nitrogens with one attached hydrogen (secondary N) is 1. The summed E-state index contributed by atoms with van der Waals surface area (Å²) in [5.74, 6) is -0.180. The van der Waals surface area contributed by atoms with Crippen molar-refractivity contribution in [2.24, 2.45) is 0 Å². The second-order valence-corrected chi connectivity index (χ2v) is 4.63. The second-order valence-electron chi connectivity index (χ2n) is 3.06.